The molecule has 0 radical (unpaired) electrons. The zero-order valence-electron chi connectivity index (χ0n) is 10.1. The van der Waals surface area contributed by atoms with Crippen molar-refractivity contribution in [2.45, 2.75) is 25.9 Å². The van der Waals surface area contributed by atoms with Gasteiger partial charge in [-0.2, -0.15) is 0 Å². The van der Waals surface area contributed by atoms with E-state index in [4.69, 9.17) is 9.15 Å². The molecule has 0 saturated carbocycles. The van der Waals surface area contributed by atoms with Crippen LogP contribution in [-0.4, -0.2) is 19.0 Å². The molecule has 0 fully saturated rings. The third-order valence-electron chi connectivity index (χ3n) is 2.88. The average molecular weight is 232 g/mol. The minimum absolute atomic E-state index is 0.0325. The van der Waals surface area contributed by atoms with Gasteiger partial charge in [-0.25, -0.2) is 0 Å². The third kappa shape index (κ3) is 2.74. The van der Waals surface area contributed by atoms with Gasteiger partial charge in [0.1, 0.15) is 5.58 Å². The fourth-order valence-electron chi connectivity index (χ4n) is 1.69. The summed E-state index contributed by atoms with van der Waals surface area (Å²) in [6.45, 7) is 1.95. The van der Waals surface area contributed by atoms with Crippen LogP contribution in [0.1, 0.15) is 30.3 Å². The van der Waals surface area contributed by atoms with Crippen LogP contribution in [0.25, 0.3) is 11.0 Å². The highest BCUT2D eigenvalue weighted by Crippen LogP contribution is 2.20. The Hall–Kier alpha value is -1.61. The van der Waals surface area contributed by atoms with Crippen LogP contribution in [0.15, 0.2) is 34.7 Å². The van der Waals surface area contributed by atoms with Crippen LogP contribution >= 0.6 is 0 Å². The van der Waals surface area contributed by atoms with Crippen LogP contribution in [-0.2, 0) is 4.74 Å². The number of fused-ring (bicyclic) bond motifs is 1. The van der Waals surface area contributed by atoms with Gasteiger partial charge >= 0.3 is 0 Å². The number of Topliss-reactive ketones (excluding diaryl/α,β-unsaturated/α-hetero) is 1. The first-order valence-corrected chi connectivity index (χ1v) is 5.75. The number of benzene rings is 1. The van der Waals surface area contributed by atoms with E-state index in [9.17, 15) is 4.79 Å². The lowest BCUT2D eigenvalue weighted by Crippen LogP contribution is -2.08. The summed E-state index contributed by atoms with van der Waals surface area (Å²) in [5.74, 6) is 0.472. The Labute approximate surface area is 100 Å². The van der Waals surface area contributed by atoms with Crippen molar-refractivity contribution in [1.82, 2.24) is 0 Å². The van der Waals surface area contributed by atoms with Crippen molar-refractivity contribution >= 4 is 16.8 Å². The SMILES string of the molecule is COC(C)CCC(=O)c1cc2ccccc2o1. The smallest absolute Gasteiger partial charge is 0.198 e. The molecule has 1 atom stereocenters. The Morgan fingerprint density at radius 2 is 2.18 bits per heavy atom. The van der Waals surface area contributed by atoms with Gasteiger partial charge in [0, 0.05) is 18.9 Å². The maximum Gasteiger partial charge on any atom is 0.198 e. The zero-order valence-corrected chi connectivity index (χ0v) is 10.1. The molecule has 90 valence electrons. The second-order valence-corrected chi connectivity index (χ2v) is 4.16. The molecule has 0 N–H and O–H groups in total. The number of ether oxygens (including phenoxy) is 1. The van der Waals surface area contributed by atoms with Gasteiger partial charge in [-0.1, -0.05) is 18.2 Å². The standard InChI is InChI=1S/C14H16O3/c1-10(16-2)7-8-12(15)14-9-11-5-3-4-6-13(11)17-14/h3-6,9-10H,7-8H2,1-2H3. The molecule has 17 heavy (non-hydrogen) atoms. The van der Waals surface area contributed by atoms with Gasteiger partial charge in [-0.05, 0) is 25.5 Å². The van der Waals surface area contributed by atoms with Gasteiger partial charge in [0.2, 0.25) is 0 Å². The lowest BCUT2D eigenvalue weighted by atomic mass is 10.1. The summed E-state index contributed by atoms with van der Waals surface area (Å²) in [6.07, 6.45) is 1.27. The molecule has 0 spiro atoms. The number of carbonyl (C=O) groups excluding carboxylic acids is 1. The summed E-state index contributed by atoms with van der Waals surface area (Å²) in [5, 5.41) is 0.968. The molecule has 0 aliphatic rings. The minimum atomic E-state index is 0.0325. The van der Waals surface area contributed by atoms with E-state index in [1.54, 1.807) is 13.2 Å². The van der Waals surface area contributed by atoms with E-state index >= 15 is 0 Å². The summed E-state index contributed by atoms with van der Waals surface area (Å²) in [6, 6.07) is 9.43. The molecule has 0 aliphatic heterocycles. The van der Waals surface area contributed by atoms with E-state index in [0.29, 0.717) is 18.6 Å². The predicted octanol–water partition coefficient (Wildman–Crippen LogP) is 3.43. The minimum Gasteiger partial charge on any atom is -0.453 e. The van der Waals surface area contributed by atoms with Gasteiger partial charge in [0.25, 0.3) is 0 Å². The van der Waals surface area contributed by atoms with Gasteiger partial charge in [-0.15, -0.1) is 0 Å². The first kappa shape index (κ1) is 11.9. The van der Waals surface area contributed by atoms with E-state index in [2.05, 4.69) is 0 Å². The second-order valence-electron chi connectivity index (χ2n) is 4.16. The molecule has 1 heterocycles. The first-order valence-electron chi connectivity index (χ1n) is 5.75. The molecule has 1 aromatic carbocycles. The lowest BCUT2D eigenvalue weighted by Gasteiger charge is -2.06. The topological polar surface area (TPSA) is 39.4 Å². The number of rotatable bonds is 5. The van der Waals surface area contributed by atoms with Crippen molar-refractivity contribution in [1.29, 1.82) is 0 Å². The molecule has 2 rings (SSSR count). The Morgan fingerprint density at radius 3 is 2.88 bits per heavy atom. The summed E-state index contributed by atoms with van der Waals surface area (Å²) >= 11 is 0. The van der Waals surface area contributed by atoms with Gasteiger partial charge in [0.15, 0.2) is 11.5 Å². The quantitative estimate of drug-likeness (QED) is 0.741. The predicted molar refractivity (Wildman–Crippen MR) is 66.2 cm³/mol. The zero-order chi connectivity index (χ0) is 12.3. The van der Waals surface area contributed by atoms with E-state index in [1.807, 2.05) is 31.2 Å². The number of methoxy groups -OCH3 is 1. The highest BCUT2D eigenvalue weighted by Gasteiger charge is 2.13. The fourth-order valence-corrected chi connectivity index (χ4v) is 1.69. The van der Waals surface area contributed by atoms with E-state index in [-0.39, 0.29) is 11.9 Å². The number of para-hydroxylation sites is 1. The van der Waals surface area contributed by atoms with Crippen LogP contribution in [0.5, 0.6) is 0 Å². The monoisotopic (exact) mass is 232 g/mol. The molecule has 1 aromatic heterocycles. The molecule has 2 aromatic rings. The lowest BCUT2D eigenvalue weighted by molar-refractivity contribution is 0.0858. The molecular weight excluding hydrogens is 216 g/mol. The largest absolute Gasteiger partial charge is 0.453 e. The number of hydrogen-bond donors (Lipinski definition) is 0. The van der Waals surface area contributed by atoms with Crippen LogP contribution in [0, 0.1) is 0 Å². The van der Waals surface area contributed by atoms with Crippen molar-refractivity contribution in [3.05, 3.63) is 36.1 Å². The van der Waals surface area contributed by atoms with Crippen LogP contribution in [0.3, 0.4) is 0 Å². The van der Waals surface area contributed by atoms with Crippen molar-refractivity contribution in [3.63, 3.8) is 0 Å². The summed E-state index contributed by atoms with van der Waals surface area (Å²) in [5.41, 5.74) is 0.760. The average Bonchev–Trinajstić information content (AvgIpc) is 2.79. The summed E-state index contributed by atoms with van der Waals surface area (Å²) < 4.78 is 10.6. The normalized spacial score (nSPS) is 12.8. The Kier molecular flexibility index (Phi) is 3.59. The molecule has 3 nitrogen and oxygen atoms in total. The highest BCUT2D eigenvalue weighted by atomic mass is 16.5. The Bertz CT molecular complexity index is 480. The van der Waals surface area contributed by atoms with E-state index < -0.39 is 0 Å². The summed E-state index contributed by atoms with van der Waals surface area (Å²) in [7, 11) is 1.65. The van der Waals surface area contributed by atoms with E-state index in [1.165, 1.54) is 0 Å². The Balaban J connectivity index is 2.08. The van der Waals surface area contributed by atoms with Crippen LogP contribution < -0.4 is 0 Å². The Morgan fingerprint density at radius 1 is 1.41 bits per heavy atom. The van der Waals surface area contributed by atoms with Crippen molar-refractivity contribution in [3.8, 4) is 0 Å². The fraction of sp³-hybridized carbons (Fsp3) is 0.357. The van der Waals surface area contributed by atoms with Gasteiger partial charge in [-0.3, -0.25) is 4.79 Å². The maximum absolute atomic E-state index is 11.9. The van der Waals surface area contributed by atoms with Crippen molar-refractivity contribution in [2.24, 2.45) is 0 Å². The molecule has 3 heteroatoms. The molecule has 0 saturated heterocycles. The highest BCUT2D eigenvalue weighted by molar-refractivity contribution is 5.97. The second kappa shape index (κ2) is 5.15. The third-order valence-corrected chi connectivity index (χ3v) is 2.88. The van der Waals surface area contributed by atoms with Gasteiger partial charge < -0.3 is 9.15 Å². The van der Waals surface area contributed by atoms with Crippen LogP contribution in [0.2, 0.25) is 0 Å². The van der Waals surface area contributed by atoms with Crippen molar-refractivity contribution < 1.29 is 13.9 Å². The molecule has 0 aliphatic carbocycles. The maximum atomic E-state index is 11.9. The molecule has 1 unspecified atom stereocenters. The molecular formula is C14H16O3. The van der Waals surface area contributed by atoms with Crippen LogP contribution in [0.4, 0.5) is 0 Å². The van der Waals surface area contributed by atoms with Crippen molar-refractivity contribution in [2.75, 3.05) is 7.11 Å². The summed E-state index contributed by atoms with van der Waals surface area (Å²) in [4.78, 5) is 11.9. The number of ketones is 1. The number of carbonyl (C=O) groups is 1. The number of hydrogen-bond acceptors (Lipinski definition) is 3. The van der Waals surface area contributed by atoms with Gasteiger partial charge in [0.05, 0.1) is 6.10 Å². The number of furan rings is 1. The molecule has 0 amide bonds. The first-order chi connectivity index (χ1) is 8.20. The van der Waals surface area contributed by atoms with E-state index in [0.717, 1.165) is 11.0 Å². The molecule has 0 bridgehead atoms.